The first kappa shape index (κ1) is 11.9. The van der Waals surface area contributed by atoms with E-state index in [0.29, 0.717) is 0 Å². The molecular weight excluding hydrogens is 170 g/mol. The number of carbonyl (C=O) groups is 2. The third kappa shape index (κ3) is 5.22. The number of esters is 1. The van der Waals surface area contributed by atoms with Crippen molar-refractivity contribution in [3.63, 3.8) is 0 Å². The molecule has 0 spiro atoms. The van der Waals surface area contributed by atoms with E-state index in [-0.39, 0.29) is 12.6 Å². The number of nitrogens with one attached hydrogen (secondary N) is 1. The quantitative estimate of drug-likeness (QED) is 0.524. The molecule has 0 fully saturated rings. The van der Waals surface area contributed by atoms with Crippen LogP contribution in [0.2, 0.25) is 0 Å². The Hall–Kier alpha value is -1.06. The van der Waals surface area contributed by atoms with Gasteiger partial charge in [-0.1, -0.05) is 13.3 Å². The summed E-state index contributed by atoms with van der Waals surface area (Å²) in [6.07, 6.45) is 1.84. The van der Waals surface area contributed by atoms with Crippen molar-refractivity contribution in [3.05, 3.63) is 0 Å². The summed E-state index contributed by atoms with van der Waals surface area (Å²) in [5, 5.41) is 2.55. The van der Waals surface area contributed by atoms with E-state index in [1.807, 2.05) is 13.8 Å². The highest BCUT2D eigenvalue weighted by molar-refractivity contribution is 6.32. The van der Waals surface area contributed by atoms with Crippen LogP contribution in [0.3, 0.4) is 0 Å². The van der Waals surface area contributed by atoms with Gasteiger partial charge in [0.25, 0.3) is 0 Å². The Morgan fingerprint density at radius 2 is 2.00 bits per heavy atom. The molecule has 1 amide bonds. The van der Waals surface area contributed by atoms with Crippen LogP contribution in [0.15, 0.2) is 0 Å². The van der Waals surface area contributed by atoms with Crippen LogP contribution in [0.25, 0.3) is 0 Å². The van der Waals surface area contributed by atoms with Crippen LogP contribution in [0, 0.1) is 0 Å². The second-order valence-corrected chi connectivity index (χ2v) is 2.88. The van der Waals surface area contributed by atoms with Gasteiger partial charge in [-0.3, -0.25) is 4.79 Å². The van der Waals surface area contributed by atoms with Gasteiger partial charge in [0, 0.05) is 6.04 Å². The van der Waals surface area contributed by atoms with E-state index in [9.17, 15) is 9.59 Å². The zero-order chi connectivity index (χ0) is 10.3. The number of carbonyl (C=O) groups excluding carboxylic acids is 2. The molecule has 4 nitrogen and oxygen atoms in total. The summed E-state index contributed by atoms with van der Waals surface area (Å²) in [7, 11) is 0. The monoisotopic (exact) mass is 187 g/mol. The molecule has 0 aromatic carbocycles. The normalized spacial score (nSPS) is 11.9. The molecule has 0 aliphatic rings. The van der Waals surface area contributed by atoms with Crippen molar-refractivity contribution in [1.82, 2.24) is 5.32 Å². The maximum absolute atomic E-state index is 11.0. The van der Waals surface area contributed by atoms with Gasteiger partial charge < -0.3 is 10.1 Å². The largest absolute Gasteiger partial charge is 0.459 e. The van der Waals surface area contributed by atoms with E-state index >= 15 is 0 Å². The Kier molecular flexibility index (Phi) is 5.93. The van der Waals surface area contributed by atoms with Crippen LogP contribution in [0.4, 0.5) is 0 Å². The second-order valence-electron chi connectivity index (χ2n) is 2.88. The predicted molar refractivity (Wildman–Crippen MR) is 49.1 cm³/mol. The molecule has 13 heavy (non-hydrogen) atoms. The van der Waals surface area contributed by atoms with Crippen LogP contribution >= 0.6 is 0 Å². The van der Waals surface area contributed by atoms with Crippen molar-refractivity contribution in [2.24, 2.45) is 0 Å². The summed E-state index contributed by atoms with van der Waals surface area (Å²) < 4.78 is 4.53. The van der Waals surface area contributed by atoms with Crippen LogP contribution in [0.1, 0.15) is 33.6 Å². The number of amides is 1. The molecule has 0 rings (SSSR count). The predicted octanol–water partition coefficient (Wildman–Crippen LogP) is 0.854. The van der Waals surface area contributed by atoms with Gasteiger partial charge in [0.1, 0.15) is 0 Å². The van der Waals surface area contributed by atoms with Gasteiger partial charge in [-0.2, -0.15) is 0 Å². The van der Waals surface area contributed by atoms with E-state index in [0.717, 1.165) is 12.8 Å². The minimum atomic E-state index is -0.801. The van der Waals surface area contributed by atoms with Crippen LogP contribution in [0.5, 0.6) is 0 Å². The van der Waals surface area contributed by atoms with Gasteiger partial charge in [0.2, 0.25) is 0 Å². The smallest absolute Gasteiger partial charge is 0.396 e. The van der Waals surface area contributed by atoms with Crippen molar-refractivity contribution in [3.8, 4) is 0 Å². The lowest BCUT2D eigenvalue weighted by Gasteiger charge is -2.11. The highest BCUT2D eigenvalue weighted by atomic mass is 16.5. The fraction of sp³-hybridized carbons (Fsp3) is 0.778. The molecule has 76 valence electrons. The summed E-state index contributed by atoms with van der Waals surface area (Å²) in [6, 6.07) is 0.0295. The van der Waals surface area contributed by atoms with Crippen molar-refractivity contribution in [2.45, 2.75) is 39.7 Å². The average molecular weight is 187 g/mol. The molecule has 0 aliphatic carbocycles. The summed E-state index contributed by atoms with van der Waals surface area (Å²) >= 11 is 0. The van der Waals surface area contributed by atoms with Gasteiger partial charge in [-0.05, 0) is 20.3 Å². The molecule has 4 heteroatoms. The highest BCUT2D eigenvalue weighted by Gasteiger charge is 2.16. The summed E-state index contributed by atoms with van der Waals surface area (Å²) in [5.74, 6) is -1.45. The molecule has 0 aromatic rings. The van der Waals surface area contributed by atoms with Crippen molar-refractivity contribution in [2.75, 3.05) is 6.61 Å². The molecule has 1 unspecified atom stereocenters. The summed E-state index contributed by atoms with van der Waals surface area (Å²) in [4.78, 5) is 21.9. The Balaban J connectivity index is 3.78. The van der Waals surface area contributed by atoms with Crippen LogP contribution in [-0.4, -0.2) is 24.5 Å². The molecule has 0 heterocycles. The Bertz CT molecular complexity index is 180. The second kappa shape index (κ2) is 6.46. The van der Waals surface area contributed by atoms with Crippen molar-refractivity contribution >= 4 is 11.9 Å². The minimum absolute atomic E-state index is 0.0295. The van der Waals surface area contributed by atoms with E-state index < -0.39 is 11.9 Å². The number of rotatable bonds is 4. The summed E-state index contributed by atoms with van der Waals surface area (Å²) in [6.45, 7) is 5.78. The zero-order valence-corrected chi connectivity index (χ0v) is 8.42. The number of ether oxygens (including phenoxy) is 1. The minimum Gasteiger partial charge on any atom is -0.459 e. The maximum atomic E-state index is 11.0. The molecule has 0 bridgehead atoms. The van der Waals surface area contributed by atoms with Crippen molar-refractivity contribution < 1.29 is 14.3 Å². The first-order chi connectivity index (χ1) is 6.11. The lowest BCUT2D eigenvalue weighted by atomic mass is 10.2. The molecule has 1 N–H and O–H groups in total. The SMILES string of the molecule is CCCC(C)NC(=O)C(=O)OCC. The van der Waals surface area contributed by atoms with Gasteiger partial charge >= 0.3 is 11.9 Å². The van der Waals surface area contributed by atoms with Gasteiger partial charge in [0.15, 0.2) is 0 Å². The van der Waals surface area contributed by atoms with Crippen LogP contribution in [-0.2, 0) is 14.3 Å². The lowest BCUT2D eigenvalue weighted by molar-refractivity contribution is -0.154. The highest BCUT2D eigenvalue weighted by Crippen LogP contribution is 1.94. The average Bonchev–Trinajstić information content (AvgIpc) is 2.05. The van der Waals surface area contributed by atoms with Crippen LogP contribution < -0.4 is 5.32 Å². The van der Waals surface area contributed by atoms with Gasteiger partial charge in [-0.25, -0.2) is 4.79 Å². The topological polar surface area (TPSA) is 55.4 Å². The maximum Gasteiger partial charge on any atom is 0.396 e. The number of hydrogen-bond donors (Lipinski definition) is 1. The first-order valence-corrected chi connectivity index (χ1v) is 4.59. The zero-order valence-electron chi connectivity index (χ0n) is 8.42. The Morgan fingerprint density at radius 1 is 1.38 bits per heavy atom. The molecule has 0 saturated carbocycles. The third-order valence-corrected chi connectivity index (χ3v) is 1.56. The molecule has 0 radical (unpaired) electrons. The first-order valence-electron chi connectivity index (χ1n) is 4.59. The third-order valence-electron chi connectivity index (χ3n) is 1.56. The molecular formula is C9H17NO3. The van der Waals surface area contributed by atoms with E-state index in [2.05, 4.69) is 10.1 Å². The Labute approximate surface area is 78.6 Å². The molecule has 0 aliphatic heterocycles. The standard InChI is InChI=1S/C9H17NO3/c1-4-6-7(3)10-8(11)9(12)13-5-2/h7H,4-6H2,1-3H3,(H,10,11). The van der Waals surface area contributed by atoms with E-state index in [1.165, 1.54) is 0 Å². The summed E-state index contributed by atoms with van der Waals surface area (Å²) in [5.41, 5.74) is 0. The van der Waals surface area contributed by atoms with E-state index in [1.54, 1.807) is 6.92 Å². The van der Waals surface area contributed by atoms with Gasteiger partial charge in [0.05, 0.1) is 6.61 Å². The molecule has 0 aromatic heterocycles. The number of hydrogen-bond acceptors (Lipinski definition) is 3. The fourth-order valence-electron chi connectivity index (χ4n) is 0.985. The Morgan fingerprint density at radius 3 is 2.46 bits per heavy atom. The fourth-order valence-corrected chi connectivity index (χ4v) is 0.985. The van der Waals surface area contributed by atoms with Gasteiger partial charge in [-0.15, -0.1) is 0 Å². The lowest BCUT2D eigenvalue weighted by Crippen LogP contribution is -2.38. The van der Waals surface area contributed by atoms with E-state index in [4.69, 9.17) is 0 Å². The van der Waals surface area contributed by atoms with Crippen molar-refractivity contribution in [1.29, 1.82) is 0 Å². The molecule has 1 atom stereocenters. The molecule has 0 saturated heterocycles.